The molecule has 0 radical (unpaired) electrons. The molecule has 0 aromatic heterocycles. The molecule has 0 saturated heterocycles. The summed E-state index contributed by atoms with van der Waals surface area (Å²) in [6.45, 7) is 2.33. The third-order valence-corrected chi connectivity index (χ3v) is 3.36. The van der Waals surface area contributed by atoms with Gasteiger partial charge >= 0.3 is 6.18 Å². The summed E-state index contributed by atoms with van der Waals surface area (Å²) in [7, 11) is 0. The number of alkyl halides is 3. The molecule has 2 rings (SSSR count). The first-order valence-electron chi connectivity index (χ1n) is 7.77. The molecular formula is C18H17F3N2O3. The number of carbonyl (C=O) groups is 2. The zero-order valence-electron chi connectivity index (χ0n) is 13.9. The van der Waals surface area contributed by atoms with Gasteiger partial charge in [0.15, 0.2) is 0 Å². The van der Waals surface area contributed by atoms with Gasteiger partial charge < -0.3 is 4.74 Å². The molecule has 0 bridgehead atoms. The van der Waals surface area contributed by atoms with Crippen LogP contribution < -0.4 is 15.6 Å². The fourth-order valence-electron chi connectivity index (χ4n) is 2.16. The normalized spacial score (nSPS) is 10.9. The second-order valence-corrected chi connectivity index (χ2v) is 5.33. The van der Waals surface area contributed by atoms with Crippen molar-refractivity contribution in [3.8, 4) is 5.75 Å². The van der Waals surface area contributed by atoms with E-state index in [0.717, 1.165) is 12.1 Å². The molecular weight excluding hydrogens is 349 g/mol. The van der Waals surface area contributed by atoms with E-state index in [1.54, 1.807) is 12.1 Å². The predicted molar refractivity (Wildman–Crippen MR) is 88.4 cm³/mol. The van der Waals surface area contributed by atoms with Crippen LogP contribution in [-0.2, 0) is 17.4 Å². The summed E-state index contributed by atoms with van der Waals surface area (Å²) in [5.41, 5.74) is 4.04. The lowest BCUT2D eigenvalue weighted by molar-refractivity contribution is -0.137. The van der Waals surface area contributed by atoms with Crippen LogP contribution in [0.1, 0.15) is 28.4 Å². The van der Waals surface area contributed by atoms with Crippen molar-refractivity contribution in [1.82, 2.24) is 10.9 Å². The number of nitrogens with one attached hydrogen (secondary N) is 2. The van der Waals surface area contributed by atoms with Gasteiger partial charge in [-0.15, -0.1) is 0 Å². The Labute approximate surface area is 148 Å². The minimum atomic E-state index is -4.48. The molecule has 138 valence electrons. The molecule has 2 aromatic carbocycles. The van der Waals surface area contributed by atoms with Crippen molar-refractivity contribution in [1.29, 1.82) is 0 Å². The minimum Gasteiger partial charge on any atom is -0.494 e. The zero-order chi connectivity index (χ0) is 19.2. The maximum absolute atomic E-state index is 12.7. The molecule has 26 heavy (non-hydrogen) atoms. The van der Waals surface area contributed by atoms with Crippen LogP contribution >= 0.6 is 0 Å². The number of hydrazine groups is 1. The largest absolute Gasteiger partial charge is 0.494 e. The Morgan fingerprint density at radius 2 is 1.73 bits per heavy atom. The molecule has 2 aromatic rings. The van der Waals surface area contributed by atoms with Crippen LogP contribution in [0, 0.1) is 0 Å². The number of rotatable bonds is 5. The third-order valence-electron chi connectivity index (χ3n) is 3.36. The standard InChI is InChI=1S/C18H17F3N2O3/c1-2-26-15-8-6-13(7-9-15)17(25)23-22-16(24)11-12-4-3-5-14(10-12)18(19,20)21/h3-10H,2,11H2,1H3,(H,22,24)(H,23,25). The molecule has 5 nitrogen and oxygen atoms in total. The molecule has 2 N–H and O–H groups in total. The molecule has 0 aliphatic heterocycles. The molecule has 0 aliphatic rings. The van der Waals surface area contributed by atoms with Crippen LogP contribution in [0.15, 0.2) is 48.5 Å². The van der Waals surface area contributed by atoms with Gasteiger partial charge in [0.05, 0.1) is 18.6 Å². The van der Waals surface area contributed by atoms with E-state index >= 15 is 0 Å². The van der Waals surface area contributed by atoms with Gasteiger partial charge in [-0.25, -0.2) is 0 Å². The number of hydrogen-bond acceptors (Lipinski definition) is 3. The average molecular weight is 366 g/mol. The monoisotopic (exact) mass is 366 g/mol. The highest BCUT2D eigenvalue weighted by Gasteiger charge is 2.30. The van der Waals surface area contributed by atoms with Crippen molar-refractivity contribution in [2.75, 3.05) is 6.61 Å². The summed E-state index contributed by atoms with van der Waals surface area (Å²) in [5.74, 6) is -0.577. The summed E-state index contributed by atoms with van der Waals surface area (Å²) in [4.78, 5) is 23.8. The Bertz CT molecular complexity index is 774. The maximum atomic E-state index is 12.7. The van der Waals surface area contributed by atoms with Crippen LogP contribution in [-0.4, -0.2) is 18.4 Å². The van der Waals surface area contributed by atoms with E-state index < -0.39 is 23.6 Å². The Hall–Kier alpha value is -3.03. The van der Waals surface area contributed by atoms with E-state index in [1.807, 2.05) is 6.92 Å². The number of benzene rings is 2. The lowest BCUT2D eigenvalue weighted by Crippen LogP contribution is -2.42. The van der Waals surface area contributed by atoms with Gasteiger partial charge in [-0.05, 0) is 42.8 Å². The van der Waals surface area contributed by atoms with E-state index in [-0.39, 0.29) is 12.0 Å². The molecule has 0 atom stereocenters. The number of hydrogen-bond donors (Lipinski definition) is 2. The molecule has 8 heteroatoms. The van der Waals surface area contributed by atoms with Gasteiger partial charge in [0, 0.05) is 5.56 Å². The van der Waals surface area contributed by atoms with Crippen LogP contribution in [0.3, 0.4) is 0 Å². The minimum absolute atomic E-state index is 0.188. The van der Waals surface area contributed by atoms with Crippen molar-refractivity contribution in [2.24, 2.45) is 0 Å². The summed E-state index contributed by atoms with van der Waals surface area (Å²) in [6.07, 6.45) is -4.78. The highest BCUT2D eigenvalue weighted by molar-refractivity contribution is 5.95. The van der Waals surface area contributed by atoms with E-state index in [9.17, 15) is 22.8 Å². The molecule has 0 heterocycles. The van der Waals surface area contributed by atoms with E-state index in [2.05, 4.69) is 10.9 Å². The summed E-state index contributed by atoms with van der Waals surface area (Å²) < 4.78 is 43.2. The summed E-state index contributed by atoms with van der Waals surface area (Å²) >= 11 is 0. The quantitative estimate of drug-likeness (QED) is 0.799. The van der Waals surface area contributed by atoms with E-state index in [0.29, 0.717) is 17.9 Å². The molecule has 0 saturated carbocycles. The zero-order valence-corrected chi connectivity index (χ0v) is 13.9. The van der Waals surface area contributed by atoms with Crippen LogP contribution in [0.5, 0.6) is 5.75 Å². The lowest BCUT2D eigenvalue weighted by atomic mass is 10.1. The Morgan fingerprint density at radius 1 is 1.04 bits per heavy atom. The fraction of sp³-hybridized carbons (Fsp3) is 0.222. The average Bonchev–Trinajstić information content (AvgIpc) is 2.60. The second kappa shape index (κ2) is 8.37. The number of amides is 2. The fourth-order valence-corrected chi connectivity index (χ4v) is 2.16. The Morgan fingerprint density at radius 3 is 2.35 bits per heavy atom. The first-order chi connectivity index (χ1) is 12.3. The van der Waals surface area contributed by atoms with Gasteiger partial charge in [-0.2, -0.15) is 13.2 Å². The molecule has 0 fully saturated rings. The lowest BCUT2D eigenvalue weighted by Gasteiger charge is -2.10. The van der Waals surface area contributed by atoms with Gasteiger partial charge in [0.25, 0.3) is 5.91 Å². The highest BCUT2D eigenvalue weighted by Crippen LogP contribution is 2.29. The smallest absolute Gasteiger partial charge is 0.416 e. The van der Waals surface area contributed by atoms with Crippen molar-refractivity contribution in [3.63, 3.8) is 0 Å². The molecule has 0 unspecified atom stereocenters. The first kappa shape index (κ1) is 19.3. The maximum Gasteiger partial charge on any atom is 0.416 e. The number of ether oxygens (including phenoxy) is 1. The van der Waals surface area contributed by atoms with Crippen molar-refractivity contribution >= 4 is 11.8 Å². The summed E-state index contributed by atoms with van der Waals surface area (Å²) in [5, 5.41) is 0. The predicted octanol–water partition coefficient (Wildman–Crippen LogP) is 3.11. The SMILES string of the molecule is CCOc1ccc(C(=O)NNC(=O)Cc2cccc(C(F)(F)F)c2)cc1. The highest BCUT2D eigenvalue weighted by atomic mass is 19.4. The first-order valence-corrected chi connectivity index (χ1v) is 7.77. The van der Waals surface area contributed by atoms with Gasteiger partial charge in [-0.3, -0.25) is 20.4 Å². The molecule has 2 amide bonds. The van der Waals surface area contributed by atoms with Crippen LogP contribution in [0.25, 0.3) is 0 Å². The molecule has 0 spiro atoms. The van der Waals surface area contributed by atoms with Crippen molar-refractivity contribution in [2.45, 2.75) is 19.5 Å². The number of carbonyl (C=O) groups excluding carboxylic acids is 2. The van der Waals surface area contributed by atoms with Gasteiger partial charge in [0.2, 0.25) is 5.91 Å². The Balaban J connectivity index is 1.89. The molecule has 0 aliphatic carbocycles. The van der Waals surface area contributed by atoms with Crippen molar-refractivity contribution < 1.29 is 27.5 Å². The van der Waals surface area contributed by atoms with Gasteiger partial charge in [-0.1, -0.05) is 18.2 Å². The van der Waals surface area contributed by atoms with E-state index in [1.165, 1.54) is 24.3 Å². The topological polar surface area (TPSA) is 67.4 Å². The number of halogens is 3. The van der Waals surface area contributed by atoms with Gasteiger partial charge in [0.1, 0.15) is 5.75 Å². The Kier molecular flexibility index (Phi) is 6.21. The summed E-state index contributed by atoms with van der Waals surface area (Å²) in [6, 6.07) is 10.7. The van der Waals surface area contributed by atoms with Crippen LogP contribution in [0.2, 0.25) is 0 Å². The third kappa shape index (κ3) is 5.51. The van der Waals surface area contributed by atoms with Crippen molar-refractivity contribution in [3.05, 3.63) is 65.2 Å². The van der Waals surface area contributed by atoms with Crippen LogP contribution in [0.4, 0.5) is 13.2 Å². The second-order valence-electron chi connectivity index (χ2n) is 5.33. The van der Waals surface area contributed by atoms with E-state index in [4.69, 9.17) is 4.74 Å².